The third kappa shape index (κ3) is 6.44. The lowest BCUT2D eigenvalue weighted by Crippen LogP contribution is -2.26. The van der Waals surface area contributed by atoms with Gasteiger partial charge in [-0.05, 0) is 25.1 Å². The maximum atomic E-state index is 10.7. The molecule has 0 radical (unpaired) electrons. The highest BCUT2D eigenvalue weighted by molar-refractivity contribution is 7.88. The van der Waals surface area contributed by atoms with Crippen molar-refractivity contribution in [3.8, 4) is 0 Å². The molecule has 16 heavy (non-hydrogen) atoms. The lowest BCUT2D eigenvalue weighted by Gasteiger charge is -2.03. The SMILES string of the molecule is CS(=O)(=O)NCCCNCc1ccc(Cl)s1. The molecular formula is C9H15ClN2O2S2. The van der Waals surface area contributed by atoms with E-state index >= 15 is 0 Å². The van der Waals surface area contributed by atoms with E-state index in [1.807, 2.05) is 12.1 Å². The minimum Gasteiger partial charge on any atom is -0.312 e. The summed E-state index contributed by atoms with van der Waals surface area (Å²) >= 11 is 7.33. The normalized spacial score (nSPS) is 11.9. The molecule has 7 heteroatoms. The lowest BCUT2D eigenvalue weighted by atomic mass is 10.4. The Morgan fingerprint density at radius 2 is 2.12 bits per heavy atom. The topological polar surface area (TPSA) is 58.2 Å². The van der Waals surface area contributed by atoms with E-state index in [9.17, 15) is 8.42 Å². The van der Waals surface area contributed by atoms with Crippen LogP contribution in [0.2, 0.25) is 4.34 Å². The molecule has 0 saturated carbocycles. The summed E-state index contributed by atoms with van der Waals surface area (Å²) in [5.74, 6) is 0. The molecule has 0 unspecified atom stereocenters. The van der Waals surface area contributed by atoms with E-state index in [2.05, 4.69) is 10.0 Å². The van der Waals surface area contributed by atoms with Crippen LogP contribution < -0.4 is 10.0 Å². The van der Waals surface area contributed by atoms with Crippen molar-refractivity contribution in [1.82, 2.24) is 10.0 Å². The summed E-state index contributed by atoms with van der Waals surface area (Å²) in [5.41, 5.74) is 0. The van der Waals surface area contributed by atoms with Gasteiger partial charge in [0.1, 0.15) is 0 Å². The molecule has 92 valence electrons. The third-order valence-electron chi connectivity index (χ3n) is 1.82. The van der Waals surface area contributed by atoms with Crippen LogP contribution in [0.4, 0.5) is 0 Å². The zero-order valence-electron chi connectivity index (χ0n) is 8.99. The summed E-state index contributed by atoms with van der Waals surface area (Å²) in [4.78, 5) is 1.18. The van der Waals surface area contributed by atoms with Gasteiger partial charge in [0.2, 0.25) is 10.0 Å². The van der Waals surface area contributed by atoms with Crippen LogP contribution in [0.25, 0.3) is 0 Å². The van der Waals surface area contributed by atoms with Gasteiger partial charge in [0.05, 0.1) is 10.6 Å². The summed E-state index contributed by atoms with van der Waals surface area (Å²) < 4.78 is 24.7. The van der Waals surface area contributed by atoms with E-state index in [0.29, 0.717) is 6.54 Å². The van der Waals surface area contributed by atoms with Crippen LogP contribution in [0.3, 0.4) is 0 Å². The van der Waals surface area contributed by atoms with Gasteiger partial charge in [-0.25, -0.2) is 13.1 Å². The van der Waals surface area contributed by atoms with Crippen molar-refractivity contribution in [2.45, 2.75) is 13.0 Å². The second-order valence-corrected chi connectivity index (χ2v) is 7.04. The molecule has 1 aromatic heterocycles. The predicted octanol–water partition coefficient (Wildman–Crippen LogP) is 1.43. The van der Waals surface area contributed by atoms with E-state index in [1.54, 1.807) is 11.3 Å². The first-order valence-electron chi connectivity index (χ1n) is 4.87. The van der Waals surface area contributed by atoms with E-state index in [-0.39, 0.29) is 0 Å². The van der Waals surface area contributed by atoms with Crippen LogP contribution >= 0.6 is 22.9 Å². The minimum atomic E-state index is -3.05. The largest absolute Gasteiger partial charge is 0.312 e. The van der Waals surface area contributed by atoms with Crippen molar-refractivity contribution in [3.63, 3.8) is 0 Å². The Morgan fingerprint density at radius 1 is 1.38 bits per heavy atom. The number of halogens is 1. The Bertz CT molecular complexity index is 417. The van der Waals surface area contributed by atoms with Crippen molar-refractivity contribution >= 4 is 33.0 Å². The van der Waals surface area contributed by atoms with Crippen molar-refractivity contribution in [1.29, 1.82) is 0 Å². The molecule has 4 nitrogen and oxygen atoms in total. The Labute approximate surface area is 105 Å². The quantitative estimate of drug-likeness (QED) is 0.744. The second-order valence-electron chi connectivity index (χ2n) is 3.40. The molecule has 0 saturated heterocycles. The molecule has 0 spiro atoms. The Kier molecular flexibility index (Phi) is 5.71. The van der Waals surface area contributed by atoms with E-state index in [4.69, 9.17) is 11.6 Å². The maximum Gasteiger partial charge on any atom is 0.208 e. The van der Waals surface area contributed by atoms with Crippen LogP contribution in [0.1, 0.15) is 11.3 Å². The monoisotopic (exact) mass is 282 g/mol. The van der Waals surface area contributed by atoms with E-state index in [0.717, 1.165) is 30.1 Å². The fourth-order valence-corrected chi connectivity index (χ4v) is 2.70. The summed E-state index contributed by atoms with van der Waals surface area (Å²) in [6.45, 7) is 2.02. The molecule has 1 aromatic rings. The third-order valence-corrected chi connectivity index (χ3v) is 3.78. The van der Waals surface area contributed by atoms with Crippen LogP contribution in [-0.2, 0) is 16.6 Å². The van der Waals surface area contributed by atoms with Gasteiger partial charge in [0, 0.05) is 18.0 Å². The number of nitrogens with one attached hydrogen (secondary N) is 2. The molecule has 2 N–H and O–H groups in total. The molecule has 1 heterocycles. The molecule has 0 aliphatic carbocycles. The molecule has 0 aromatic carbocycles. The first-order chi connectivity index (χ1) is 7.47. The maximum absolute atomic E-state index is 10.7. The first kappa shape index (κ1) is 13.9. The highest BCUT2D eigenvalue weighted by Crippen LogP contribution is 2.20. The van der Waals surface area contributed by atoms with Gasteiger partial charge in [-0.1, -0.05) is 11.6 Å². The molecule has 0 atom stereocenters. The number of hydrogen-bond donors (Lipinski definition) is 2. The smallest absolute Gasteiger partial charge is 0.208 e. The Hall–Kier alpha value is -0.140. The van der Waals surface area contributed by atoms with Crippen LogP contribution in [0, 0.1) is 0 Å². The van der Waals surface area contributed by atoms with Gasteiger partial charge in [-0.2, -0.15) is 0 Å². The minimum absolute atomic E-state index is 0.469. The second kappa shape index (κ2) is 6.56. The summed E-state index contributed by atoms with van der Waals surface area (Å²) in [6, 6.07) is 3.85. The van der Waals surface area contributed by atoms with Gasteiger partial charge in [0.15, 0.2) is 0 Å². The molecule has 0 bridgehead atoms. The first-order valence-corrected chi connectivity index (χ1v) is 7.95. The molecule has 1 rings (SSSR count). The molecular weight excluding hydrogens is 268 g/mol. The predicted molar refractivity (Wildman–Crippen MR) is 68.5 cm³/mol. The van der Waals surface area contributed by atoms with Crippen molar-refractivity contribution in [2.24, 2.45) is 0 Å². The Morgan fingerprint density at radius 3 is 2.69 bits per heavy atom. The standard InChI is InChI=1S/C9H15ClN2O2S2/c1-16(13,14)12-6-2-5-11-7-8-3-4-9(10)15-8/h3-4,11-12H,2,5-7H2,1H3. The molecule has 0 amide bonds. The van der Waals surface area contributed by atoms with Gasteiger partial charge in [-0.15, -0.1) is 11.3 Å². The van der Waals surface area contributed by atoms with E-state index < -0.39 is 10.0 Å². The number of hydrogen-bond acceptors (Lipinski definition) is 4. The molecule has 0 aliphatic rings. The molecule has 0 aliphatic heterocycles. The van der Waals surface area contributed by atoms with Crippen LogP contribution in [0.5, 0.6) is 0 Å². The van der Waals surface area contributed by atoms with Crippen LogP contribution in [-0.4, -0.2) is 27.8 Å². The number of rotatable bonds is 7. The summed E-state index contributed by atoms with van der Waals surface area (Å²) in [5, 5.41) is 3.22. The fourth-order valence-electron chi connectivity index (χ4n) is 1.13. The lowest BCUT2D eigenvalue weighted by molar-refractivity contribution is 0.579. The zero-order valence-corrected chi connectivity index (χ0v) is 11.4. The Balaban J connectivity index is 2.04. The average molecular weight is 283 g/mol. The fraction of sp³-hybridized carbons (Fsp3) is 0.556. The van der Waals surface area contributed by atoms with Gasteiger partial charge >= 0.3 is 0 Å². The highest BCUT2D eigenvalue weighted by Gasteiger charge is 1.99. The summed E-state index contributed by atoms with van der Waals surface area (Å²) in [6.07, 6.45) is 1.93. The van der Waals surface area contributed by atoms with Crippen molar-refractivity contribution in [3.05, 3.63) is 21.3 Å². The van der Waals surface area contributed by atoms with Crippen LogP contribution in [0.15, 0.2) is 12.1 Å². The molecule has 0 fully saturated rings. The van der Waals surface area contributed by atoms with Gasteiger partial charge in [0.25, 0.3) is 0 Å². The highest BCUT2D eigenvalue weighted by atomic mass is 35.5. The number of sulfonamides is 1. The van der Waals surface area contributed by atoms with Gasteiger partial charge in [-0.3, -0.25) is 0 Å². The average Bonchev–Trinajstić information content (AvgIpc) is 2.56. The van der Waals surface area contributed by atoms with E-state index in [1.165, 1.54) is 4.88 Å². The number of thiophene rings is 1. The summed E-state index contributed by atoms with van der Waals surface area (Å²) in [7, 11) is -3.05. The van der Waals surface area contributed by atoms with Crippen molar-refractivity contribution in [2.75, 3.05) is 19.3 Å². The van der Waals surface area contributed by atoms with Crippen molar-refractivity contribution < 1.29 is 8.42 Å². The van der Waals surface area contributed by atoms with Gasteiger partial charge < -0.3 is 5.32 Å². The zero-order chi connectivity index (χ0) is 12.0.